The monoisotopic (exact) mass is 450 g/mol. The number of para-hydroxylation sites is 1. The van der Waals surface area contributed by atoms with Crippen LogP contribution in [0.25, 0.3) is 11.1 Å². The summed E-state index contributed by atoms with van der Waals surface area (Å²) in [6.45, 7) is 0.439. The molecule has 2 heterocycles. The second-order valence-electron chi connectivity index (χ2n) is 7.46. The molecule has 1 aromatic heterocycles. The van der Waals surface area contributed by atoms with Crippen molar-refractivity contribution in [3.8, 4) is 6.07 Å². The van der Waals surface area contributed by atoms with E-state index < -0.39 is 0 Å². The lowest BCUT2D eigenvalue weighted by molar-refractivity contribution is -0.117. The fourth-order valence-corrected chi connectivity index (χ4v) is 4.33. The second-order valence-corrected chi connectivity index (χ2v) is 8.38. The number of carbonyl (C=O) groups is 2. The molecule has 2 aromatic carbocycles. The third-order valence-electron chi connectivity index (χ3n) is 5.54. The van der Waals surface area contributed by atoms with Crippen LogP contribution in [0, 0.1) is 11.3 Å². The van der Waals surface area contributed by atoms with Gasteiger partial charge in [-0.3, -0.25) is 14.9 Å². The summed E-state index contributed by atoms with van der Waals surface area (Å²) in [5, 5.41) is 11.8. The zero-order chi connectivity index (χ0) is 20.2. The van der Waals surface area contributed by atoms with Crippen LogP contribution in [-0.2, 0) is 10.2 Å². The Hall–Kier alpha value is -3.18. The zero-order valence-electron chi connectivity index (χ0n) is 15.2. The highest BCUT2D eigenvalue weighted by Gasteiger charge is 2.51. The third kappa shape index (κ3) is 2.98. The van der Waals surface area contributed by atoms with E-state index in [-0.39, 0.29) is 29.8 Å². The predicted octanol–water partition coefficient (Wildman–Crippen LogP) is 3.59. The molecular weight excluding hydrogens is 436 g/mol. The summed E-state index contributed by atoms with van der Waals surface area (Å²) in [6.07, 6.45) is 2.01. The topological polar surface area (TPSA) is 99.2 Å². The number of halogens is 1. The minimum absolute atomic E-state index is 0.0163. The van der Waals surface area contributed by atoms with Crippen LogP contribution in [0.15, 0.2) is 45.3 Å². The number of nitrogens with one attached hydrogen (secondary N) is 1. The number of nitriles is 1. The Morgan fingerprint density at radius 2 is 2.17 bits per heavy atom. The lowest BCUT2D eigenvalue weighted by Crippen LogP contribution is -2.46. The van der Waals surface area contributed by atoms with Gasteiger partial charge in [0.25, 0.3) is 5.91 Å². The van der Waals surface area contributed by atoms with Crippen molar-refractivity contribution < 1.29 is 14.0 Å². The van der Waals surface area contributed by atoms with Crippen LogP contribution < -0.4 is 5.32 Å². The molecule has 1 spiro atoms. The Bertz CT molecular complexity index is 1220. The molecular formula is C21H15BrN4O3. The van der Waals surface area contributed by atoms with Crippen LogP contribution in [0.4, 0.5) is 6.01 Å². The molecule has 1 saturated carbocycles. The summed E-state index contributed by atoms with van der Waals surface area (Å²) < 4.78 is 6.47. The number of hydrogen-bond donors (Lipinski definition) is 1. The fourth-order valence-electron chi connectivity index (χ4n) is 3.96. The molecule has 0 bridgehead atoms. The van der Waals surface area contributed by atoms with Crippen LogP contribution >= 0.6 is 15.9 Å². The van der Waals surface area contributed by atoms with Crippen LogP contribution in [0.1, 0.15) is 34.3 Å². The summed E-state index contributed by atoms with van der Waals surface area (Å²) in [5.41, 5.74) is 2.87. The van der Waals surface area contributed by atoms with Gasteiger partial charge in [-0.15, -0.1) is 0 Å². The van der Waals surface area contributed by atoms with Gasteiger partial charge in [0, 0.05) is 22.0 Å². The molecule has 8 heteroatoms. The maximum atomic E-state index is 12.9. The number of amides is 2. The minimum atomic E-state index is -0.389. The molecule has 2 amide bonds. The van der Waals surface area contributed by atoms with Gasteiger partial charge >= 0.3 is 6.01 Å². The molecule has 1 N–H and O–H groups in total. The standard InChI is InChI=1S/C21H15BrN4O3/c22-13-4-5-14-15(8-13)21(6-7-21)11-26(19(14)28)10-17(27)24-20-25-18-12(9-23)2-1-3-16(18)29-20/h1-5,8H,6-7,10-11H2,(H,24,25,27). The van der Waals surface area contributed by atoms with Crippen molar-refractivity contribution in [3.05, 3.63) is 57.6 Å². The predicted molar refractivity (Wildman–Crippen MR) is 108 cm³/mol. The quantitative estimate of drug-likeness (QED) is 0.656. The van der Waals surface area contributed by atoms with Crippen molar-refractivity contribution in [1.29, 1.82) is 5.26 Å². The van der Waals surface area contributed by atoms with Gasteiger partial charge in [0.15, 0.2) is 5.58 Å². The molecule has 2 aliphatic rings. The van der Waals surface area contributed by atoms with Crippen molar-refractivity contribution >= 4 is 44.9 Å². The first-order valence-corrected chi connectivity index (χ1v) is 9.97. The van der Waals surface area contributed by atoms with Gasteiger partial charge in [-0.25, -0.2) is 0 Å². The van der Waals surface area contributed by atoms with Gasteiger partial charge in [-0.05, 0) is 48.7 Å². The smallest absolute Gasteiger partial charge is 0.302 e. The van der Waals surface area contributed by atoms with Crippen molar-refractivity contribution in [2.45, 2.75) is 18.3 Å². The molecule has 0 radical (unpaired) electrons. The highest BCUT2D eigenvalue weighted by atomic mass is 79.9. The summed E-state index contributed by atoms with van der Waals surface area (Å²) in [5.74, 6) is -0.538. The molecule has 29 heavy (non-hydrogen) atoms. The molecule has 3 aromatic rings. The fraction of sp³-hybridized carbons (Fsp3) is 0.238. The van der Waals surface area contributed by atoms with Crippen molar-refractivity contribution in [2.75, 3.05) is 18.4 Å². The van der Waals surface area contributed by atoms with Crippen LogP contribution in [0.5, 0.6) is 0 Å². The number of anilines is 1. The number of nitrogens with zero attached hydrogens (tertiary/aromatic N) is 3. The van der Waals surface area contributed by atoms with E-state index in [1.807, 2.05) is 24.3 Å². The molecule has 1 aliphatic heterocycles. The highest BCUT2D eigenvalue weighted by Crippen LogP contribution is 2.52. The van der Waals surface area contributed by atoms with Gasteiger partial charge in [0.05, 0.1) is 5.56 Å². The van der Waals surface area contributed by atoms with Crippen molar-refractivity contribution in [2.24, 2.45) is 0 Å². The lowest BCUT2D eigenvalue weighted by Gasteiger charge is -2.34. The Morgan fingerprint density at radius 3 is 2.93 bits per heavy atom. The summed E-state index contributed by atoms with van der Waals surface area (Å²) in [4.78, 5) is 31.3. The van der Waals surface area contributed by atoms with Gasteiger partial charge < -0.3 is 9.32 Å². The molecule has 7 nitrogen and oxygen atoms in total. The number of hydrogen-bond acceptors (Lipinski definition) is 5. The molecule has 1 aliphatic carbocycles. The lowest BCUT2D eigenvalue weighted by atomic mass is 9.86. The third-order valence-corrected chi connectivity index (χ3v) is 6.03. The van der Waals surface area contributed by atoms with E-state index in [9.17, 15) is 9.59 Å². The number of carbonyl (C=O) groups excluding carboxylic acids is 2. The SMILES string of the molecule is N#Cc1cccc2oc(NC(=O)CN3CC4(CC4)c4cc(Br)ccc4C3=O)nc12. The number of aromatic nitrogens is 1. The van der Waals surface area contributed by atoms with E-state index >= 15 is 0 Å². The Balaban J connectivity index is 1.36. The van der Waals surface area contributed by atoms with Crippen LogP contribution in [-0.4, -0.2) is 34.8 Å². The van der Waals surface area contributed by atoms with E-state index in [2.05, 4.69) is 26.2 Å². The maximum absolute atomic E-state index is 12.9. The summed E-state index contributed by atoms with van der Waals surface area (Å²) >= 11 is 3.48. The van der Waals surface area contributed by atoms with E-state index in [0.29, 0.717) is 28.8 Å². The average Bonchev–Trinajstić information content (AvgIpc) is 3.35. The zero-order valence-corrected chi connectivity index (χ0v) is 16.8. The van der Waals surface area contributed by atoms with Gasteiger partial charge in [0.1, 0.15) is 18.1 Å². The largest absolute Gasteiger partial charge is 0.423 e. The van der Waals surface area contributed by atoms with E-state index in [4.69, 9.17) is 9.68 Å². The van der Waals surface area contributed by atoms with E-state index in [1.54, 1.807) is 23.1 Å². The maximum Gasteiger partial charge on any atom is 0.302 e. The average molecular weight is 451 g/mol. The first kappa shape index (κ1) is 17.9. The van der Waals surface area contributed by atoms with Crippen LogP contribution in [0.2, 0.25) is 0 Å². The minimum Gasteiger partial charge on any atom is -0.423 e. The van der Waals surface area contributed by atoms with E-state index in [0.717, 1.165) is 22.9 Å². The normalized spacial score (nSPS) is 16.6. The Morgan fingerprint density at radius 1 is 1.34 bits per heavy atom. The molecule has 0 atom stereocenters. The summed E-state index contributed by atoms with van der Waals surface area (Å²) in [6, 6.07) is 12.7. The van der Waals surface area contributed by atoms with Gasteiger partial charge in [0.2, 0.25) is 5.91 Å². The highest BCUT2D eigenvalue weighted by molar-refractivity contribution is 9.10. The van der Waals surface area contributed by atoms with Crippen molar-refractivity contribution in [3.63, 3.8) is 0 Å². The first-order valence-electron chi connectivity index (χ1n) is 9.18. The Labute approximate surface area is 174 Å². The Kier molecular flexibility index (Phi) is 3.96. The summed E-state index contributed by atoms with van der Waals surface area (Å²) in [7, 11) is 0. The van der Waals surface area contributed by atoms with Crippen molar-refractivity contribution in [1.82, 2.24) is 9.88 Å². The number of oxazole rings is 1. The van der Waals surface area contributed by atoms with Gasteiger partial charge in [-0.1, -0.05) is 22.0 Å². The number of rotatable bonds is 3. The molecule has 0 unspecified atom stereocenters. The van der Waals surface area contributed by atoms with Crippen LogP contribution in [0.3, 0.4) is 0 Å². The molecule has 144 valence electrons. The number of benzene rings is 2. The molecule has 0 saturated heterocycles. The van der Waals surface area contributed by atoms with E-state index in [1.165, 1.54) is 0 Å². The second kappa shape index (κ2) is 6.42. The molecule has 5 rings (SSSR count). The first-order chi connectivity index (χ1) is 14.0. The molecule has 1 fully saturated rings. The van der Waals surface area contributed by atoms with Gasteiger partial charge in [-0.2, -0.15) is 10.2 Å². The number of fused-ring (bicyclic) bond motifs is 3.